The van der Waals surface area contributed by atoms with Crippen LogP contribution >= 0.6 is 0 Å². The molecular weight excluding hydrogens is 339 g/mol. The Bertz CT molecular complexity index is 1070. The molecule has 0 aliphatic carbocycles. The zero-order valence-electron chi connectivity index (χ0n) is 16.0. The van der Waals surface area contributed by atoms with Crippen molar-refractivity contribution in [3.8, 4) is 17.7 Å². The van der Waals surface area contributed by atoms with Gasteiger partial charge in [-0.1, -0.05) is 11.6 Å². The minimum Gasteiger partial charge on any atom is -0.494 e. The summed E-state index contributed by atoms with van der Waals surface area (Å²) in [7, 11) is 3.62. The van der Waals surface area contributed by atoms with E-state index in [4.69, 9.17) is 4.74 Å². The maximum absolute atomic E-state index is 14.0. The van der Waals surface area contributed by atoms with Crippen LogP contribution in [0.1, 0.15) is 22.4 Å². The number of benzene rings is 2. The Morgan fingerprint density at radius 1 is 1.07 bits per heavy atom. The fraction of sp³-hybridized carbons (Fsp3) is 0.304. The molecule has 0 atom stereocenters. The molecule has 1 aliphatic heterocycles. The number of ether oxygens (including phenoxy) is 1. The smallest absolute Gasteiger partial charge is 0.166 e. The number of aryl methyl sites for hydroxylation is 1. The summed E-state index contributed by atoms with van der Waals surface area (Å²) in [5.41, 5.74) is 5.71. The molecule has 0 radical (unpaired) electrons. The molecule has 2 heterocycles. The number of aromatic nitrogens is 1. The van der Waals surface area contributed by atoms with Gasteiger partial charge in [0, 0.05) is 42.2 Å². The second kappa shape index (κ2) is 7.09. The average molecular weight is 362 g/mol. The van der Waals surface area contributed by atoms with Crippen molar-refractivity contribution in [3.05, 3.63) is 64.6 Å². The minimum absolute atomic E-state index is 0.236. The first kappa shape index (κ1) is 17.6. The molecule has 0 amide bonds. The molecule has 0 N–H and O–H groups in total. The molecule has 4 rings (SSSR count). The van der Waals surface area contributed by atoms with Gasteiger partial charge in [-0.05, 0) is 62.2 Å². The first-order chi connectivity index (χ1) is 13.1. The molecule has 27 heavy (non-hydrogen) atoms. The van der Waals surface area contributed by atoms with Gasteiger partial charge in [-0.3, -0.25) is 4.57 Å². The van der Waals surface area contributed by atoms with E-state index in [1.165, 1.54) is 35.4 Å². The van der Waals surface area contributed by atoms with Gasteiger partial charge >= 0.3 is 0 Å². The highest BCUT2D eigenvalue weighted by Crippen LogP contribution is 2.29. The lowest BCUT2D eigenvalue weighted by molar-refractivity contribution is 0.351. The summed E-state index contributed by atoms with van der Waals surface area (Å²) in [4.78, 5) is 2.36. The van der Waals surface area contributed by atoms with Crippen molar-refractivity contribution in [3.63, 3.8) is 0 Å². The normalized spacial score (nSPS) is 14.4. The standard InChI is InChI=1S/C23H23FN2O/c1-16-4-6-21-19(14-16)18-9-11-25(2)12-10-22(18)26(21)13-8-17-5-7-23(27-3)20(24)15-17/h4-7,14-15H,9-12H2,1-3H3. The lowest BCUT2D eigenvalue weighted by Gasteiger charge is -2.12. The van der Waals surface area contributed by atoms with Crippen LogP contribution in [-0.2, 0) is 12.8 Å². The number of halogens is 1. The molecule has 0 spiro atoms. The zero-order valence-corrected chi connectivity index (χ0v) is 16.0. The number of rotatable bonds is 1. The maximum Gasteiger partial charge on any atom is 0.166 e. The van der Waals surface area contributed by atoms with E-state index >= 15 is 0 Å². The van der Waals surface area contributed by atoms with Gasteiger partial charge in [-0.2, -0.15) is 0 Å². The number of hydrogen-bond acceptors (Lipinski definition) is 2. The Hall–Kier alpha value is -2.77. The monoisotopic (exact) mass is 362 g/mol. The molecule has 0 unspecified atom stereocenters. The van der Waals surface area contributed by atoms with Gasteiger partial charge < -0.3 is 9.64 Å². The third-order valence-corrected chi connectivity index (χ3v) is 5.27. The largest absolute Gasteiger partial charge is 0.494 e. The van der Waals surface area contributed by atoms with E-state index in [1.54, 1.807) is 12.1 Å². The van der Waals surface area contributed by atoms with Crippen LogP contribution in [0.5, 0.6) is 5.75 Å². The van der Waals surface area contributed by atoms with Crippen molar-refractivity contribution >= 4 is 10.9 Å². The van der Waals surface area contributed by atoms with Crippen molar-refractivity contribution in [2.75, 3.05) is 27.2 Å². The molecule has 1 aliphatic rings. The molecule has 3 nitrogen and oxygen atoms in total. The summed E-state index contributed by atoms with van der Waals surface area (Å²) in [5.74, 6) is 2.98. The molecule has 0 saturated carbocycles. The van der Waals surface area contributed by atoms with E-state index in [9.17, 15) is 4.39 Å². The Morgan fingerprint density at radius 3 is 2.67 bits per heavy atom. The Balaban J connectivity index is 1.84. The highest BCUT2D eigenvalue weighted by molar-refractivity contribution is 5.87. The van der Waals surface area contributed by atoms with Crippen LogP contribution in [0.2, 0.25) is 0 Å². The fourth-order valence-electron chi connectivity index (χ4n) is 3.77. The number of methoxy groups -OCH3 is 1. The Labute approximate surface area is 159 Å². The molecular formula is C23H23FN2O. The van der Waals surface area contributed by atoms with Crippen LogP contribution in [-0.4, -0.2) is 36.7 Å². The van der Waals surface area contributed by atoms with Crippen molar-refractivity contribution in [2.45, 2.75) is 19.8 Å². The fourth-order valence-corrected chi connectivity index (χ4v) is 3.77. The summed E-state index contributed by atoms with van der Waals surface area (Å²) in [5, 5.41) is 1.29. The lowest BCUT2D eigenvalue weighted by atomic mass is 10.1. The van der Waals surface area contributed by atoms with Crippen LogP contribution < -0.4 is 4.74 Å². The van der Waals surface area contributed by atoms with Crippen LogP contribution in [0.15, 0.2) is 36.4 Å². The van der Waals surface area contributed by atoms with Gasteiger partial charge in [-0.15, -0.1) is 0 Å². The van der Waals surface area contributed by atoms with Gasteiger partial charge in [-0.25, -0.2) is 4.39 Å². The topological polar surface area (TPSA) is 17.4 Å². The van der Waals surface area contributed by atoms with E-state index in [-0.39, 0.29) is 5.75 Å². The van der Waals surface area contributed by atoms with Crippen molar-refractivity contribution in [1.29, 1.82) is 0 Å². The van der Waals surface area contributed by atoms with Gasteiger partial charge in [0.25, 0.3) is 0 Å². The van der Waals surface area contributed by atoms with E-state index in [0.29, 0.717) is 5.56 Å². The van der Waals surface area contributed by atoms with E-state index in [0.717, 1.165) is 31.4 Å². The number of hydrogen-bond donors (Lipinski definition) is 0. The van der Waals surface area contributed by atoms with Gasteiger partial charge in [0.1, 0.15) is 0 Å². The van der Waals surface area contributed by atoms with Crippen molar-refractivity contribution in [2.24, 2.45) is 0 Å². The molecule has 4 heteroatoms. The first-order valence-corrected chi connectivity index (χ1v) is 9.24. The SMILES string of the molecule is COc1ccc(C#Cn2c3c(c4cc(C)ccc42)CCN(C)CC3)cc1F. The predicted molar refractivity (Wildman–Crippen MR) is 107 cm³/mol. The molecule has 1 aromatic heterocycles. The Morgan fingerprint density at radius 2 is 1.89 bits per heavy atom. The first-order valence-electron chi connectivity index (χ1n) is 9.24. The molecule has 0 bridgehead atoms. The summed E-state index contributed by atoms with van der Waals surface area (Å²) in [6, 6.07) is 14.6. The predicted octanol–water partition coefficient (Wildman–Crippen LogP) is 3.99. The van der Waals surface area contributed by atoms with Crippen LogP contribution in [0, 0.1) is 24.7 Å². The summed E-state index contributed by atoms with van der Waals surface area (Å²) >= 11 is 0. The van der Waals surface area contributed by atoms with Crippen molar-refractivity contribution in [1.82, 2.24) is 9.47 Å². The summed E-state index contributed by atoms with van der Waals surface area (Å²) in [6.45, 7) is 4.19. The average Bonchev–Trinajstić information content (AvgIpc) is 2.80. The second-order valence-electron chi connectivity index (χ2n) is 7.17. The third kappa shape index (κ3) is 3.31. The third-order valence-electron chi connectivity index (χ3n) is 5.27. The second-order valence-corrected chi connectivity index (χ2v) is 7.17. The van der Waals surface area contributed by atoms with Gasteiger partial charge in [0.15, 0.2) is 11.6 Å². The highest BCUT2D eigenvalue weighted by atomic mass is 19.1. The molecule has 0 saturated heterocycles. The highest BCUT2D eigenvalue weighted by Gasteiger charge is 2.20. The van der Waals surface area contributed by atoms with E-state index in [2.05, 4.69) is 53.6 Å². The number of likely N-dealkylation sites (N-methyl/N-ethyl adjacent to an activating group) is 1. The quantitative estimate of drug-likeness (QED) is 0.609. The van der Waals surface area contributed by atoms with Crippen LogP contribution in [0.3, 0.4) is 0 Å². The molecule has 2 aromatic carbocycles. The minimum atomic E-state index is -0.391. The van der Waals surface area contributed by atoms with E-state index in [1.807, 2.05) is 0 Å². The molecule has 138 valence electrons. The van der Waals surface area contributed by atoms with Crippen LogP contribution in [0.4, 0.5) is 4.39 Å². The van der Waals surface area contributed by atoms with Gasteiger partial charge in [0.05, 0.1) is 12.6 Å². The zero-order chi connectivity index (χ0) is 19.0. The lowest BCUT2D eigenvalue weighted by Crippen LogP contribution is -2.21. The van der Waals surface area contributed by atoms with Crippen molar-refractivity contribution < 1.29 is 9.13 Å². The summed E-state index contributed by atoms with van der Waals surface area (Å²) < 4.78 is 21.1. The Kier molecular flexibility index (Phi) is 4.63. The molecule has 0 fully saturated rings. The summed E-state index contributed by atoms with van der Waals surface area (Å²) in [6.07, 6.45) is 1.99. The van der Waals surface area contributed by atoms with Gasteiger partial charge in [0.2, 0.25) is 0 Å². The van der Waals surface area contributed by atoms with Crippen LogP contribution in [0.25, 0.3) is 10.9 Å². The molecule has 3 aromatic rings. The maximum atomic E-state index is 14.0. The number of fused-ring (bicyclic) bond motifs is 3. The van der Waals surface area contributed by atoms with E-state index < -0.39 is 5.82 Å². The number of nitrogens with zero attached hydrogens (tertiary/aromatic N) is 2.